The summed E-state index contributed by atoms with van der Waals surface area (Å²) >= 11 is 0. The van der Waals surface area contributed by atoms with Crippen molar-refractivity contribution >= 4 is 28.7 Å². The number of carbonyl (C=O) groups excluding carboxylic acids is 1. The van der Waals surface area contributed by atoms with E-state index in [1.54, 1.807) is 0 Å². The van der Waals surface area contributed by atoms with Crippen molar-refractivity contribution in [1.82, 2.24) is 0 Å². The van der Waals surface area contributed by atoms with Crippen LogP contribution in [0, 0.1) is 12.8 Å². The first-order chi connectivity index (χ1) is 14.3. The zero-order valence-electron chi connectivity index (χ0n) is 16.7. The summed E-state index contributed by atoms with van der Waals surface area (Å²) < 4.78 is 44.0. The lowest BCUT2D eigenvalue weighted by molar-refractivity contribution is -0.179. The monoisotopic (exact) mass is 419 g/mol. The summed E-state index contributed by atoms with van der Waals surface area (Å²) in [4.78, 5) is 13.6. The maximum Gasteiger partial charge on any atom is 0.391 e. The Hall–Kier alpha value is -2.74. The predicted octanol–water partition coefficient (Wildman–Crippen LogP) is 4.99. The number of ether oxygens (including phenoxy) is 1. The minimum absolute atomic E-state index is 0.0399. The molecular formula is C22H24F3N3O2. The van der Waals surface area contributed by atoms with Crippen molar-refractivity contribution < 1.29 is 22.7 Å². The Morgan fingerprint density at radius 2 is 1.87 bits per heavy atom. The van der Waals surface area contributed by atoms with Crippen molar-refractivity contribution in [1.29, 1.82) is 0 Å². The number of anilines is 4. The zero-order chi connectivity index (χ0) is 21.3. The molecule has 8 heteroatoms. The van der Waals surface area contributed by atoms with E-state index >= 15 is 0 Å². The van der Waals surface area contributed by atoms with Gasteiger partial charge in [-0.3, -0.25) is 4.79 Å². The van der Waals surface area contributed by atoms with Crippen LogP contribution in [0.2, 0.25) is 0 Å². The van der Waals surface area contributed by atoms with Gasteiger partial charge in [0.1, 0.15) is 6.61 Å². The minimum Gasteiger partial charge on any atom is -0.371 e. The molecule has 2 aromatic rings. The van der Waals surface area contributed by atoms with Crippen molar-refractivity contribution in [2.75, 3.05) is 35.2 Å². The molecule has 0 aliphatic carbocycles. The Balaban J connectivity index is 1.44. The number of piperidine rings is 1. The van der Waals surface area contributed by atoms with E-state index in [9.17, 15) is 18.0 Å². The normalized spacial score (nSPS) is 17.9. The Morgan fingerprint density at radius 1 is 1.10 bits per heavy atom. The molecule has 2 aromatic carbocycles. The van der Waals surface area contributed by atoms with Crippen molar-refractivity contribution in [3.05, 3.63) is 47.5 Å². The van der Waals surface area contributed by atoms with Gasteiger partial charge in [-0.2, -0.15) is 13.2 Å². The van der Waals surface area contributed by atoms with Crippen molar-refractivity contribution in [3.8, 4) is 0 Å². The van der Waals surface area contributed by atoms with Gasteiger partial charge in [0.25, 0.3) is 0 Å². The van der Waals surface area contributed by atoms with Crippen LogP contribution in [0.1, 0.15) is 24.0 Å². The molecule has 0 aromatic heterocycles. The molecule has 2 heterocycles. The van der Waals surface area contributed by atoms with Gasteiger partial charge in [0.05, 0.1) is 12.5 Å². The molecular weight excluding hydrogens is 395 g/mol. The van der Waals surface area contributed by atoms with Crippen LogP contribution >= 0.6 is 0 Å². The van der Waals surface area contributed by atoms with E-state index < -0.39 is 12.1 Å². The highest BCUT2D eigenvalue weighted by atomic mass is 19.4. The van der Waals surface area contributed by atoms with Crippen LogP contribution in [0.3, 0.4) is 0 Å². The number of amides is 1. The molecule has 0 radical (unpaired) electrons. The Morgan fingerprint density at radius 3 is 2.57 bits per heavy atom. The van der Waals surface area contributed by atoms with Crippen LogP contribution in [0.4, 0.5) is 35.9 Å². The molecule has 1 amide bonds. The number of alkyl halides is 3. The summed E-state index contributed by atoms with van der Waals surface area (Å²) in [6.45, 7) is 3.19. The predicted molar refractivity (Wildman–Crippen MR) is 110 cm³/mol. The molecule has 0 atom stereocenters. The number of carbonyl (C=O) groups is 1. The number of nitrogens with one attached hydrogen (secondary N) is 2. The van der Waals surface area contributed by atoms with Crippen LogP contribution < -0.4 is 15.5 Å². The topological polar surface area (TPSA) is 53.6 Å². The molecule has 0 bridgehead atoms. The number of aryl methyl sites for hydroxylation is 1. The van der Waals surface area contributed by atoms with E-state index in [1.807, 2.05) is 48.2 Å². The van der Waals surface area contributed by atoms with Gasteiger partial charge in [-0.15, -0.1) is 0 Å². The van der Waals surface area contributed by atoms with Gasteiger partial charge in [0, 0.05) is 41.4 Å². The molecule has 1 fully saturated rings. The number of hydrogen-bond acceptors (Lipinski definition) is 4. The quantitative estimate of drug-likeness (QED) is 0.736. The maximum absolute atomic E-state index is 12.9. The molecule has 2 N–H and O–H groups in total. The second-order valence-electron chi connectivity index (χ2n) is 7.84. The third-order valence-corrected chi connectivity index (χ3v) is 5.68. The molecule has 160 valence electrons. The summed E-state index contributed by atoms with van der Waals surface area (Å²) in [5.74, 6) is -1.36. The molecule has 2 aliphatic rings. The highest BCUT2D eigenvalue weighted by molar-refractivity contribution is 5.93. The van der Waals surface area contributed by atoms with Crippen molar-refractivity contribution in [2.24, 2.45) is 5.92 Å². The molecule has 5 nitrogen and oxygen atoms in total. The first-order valence-corrected chi connectivity index (χ1v) is 9.99. The average Bonchev–Trinajstić information content (AvgIpc) is 2.89. The number of hydrogen-bond donors (Lipinski definition) is 2. The van der Waals surface area contributed by atoms with Gasteiger partial charge in [0.15, 0.2) is 0 Å². The summed E-state index contributed by atoms with van der Waals surface area (Å²) in [6, 6.07) is 11.6. The van der Waals surface area contributed by atoms with Crippen LogP contribution in [-0.4, -0.2) is 31.8 Å². The van der Waals surface area contributed by atoms with Crippen LogP contribution in [0.25, 0.3) is 0 Å². The van der Waals surface area contributed by atoms with Gasteiger partial charge < -0.3 is 20.3 Å². The summed E-state index contributed by atoms with van der Waals surface area (Å²) in [7, 11) is 0. The lowest BCUT2D eigenvalue weighted by atomic mass is 9.96. The molecule has 0 saturated carbocycles. The lowest BCUT2D eigenvalue weighted by Gasteiger charge is -2.34. The number of rotatable bonds is 3. The van der Waals surface area contributed by atoms with Crippen LogP contribution in [0.5, 0.6) is 0 Å². The van der Waals surface area contributed by atoms with Gasteiger partial charge in [-0.25, -0.2) is 0 Å². The van der Waals surface area contributed by atoms with E-state index in [0.717, 1.165) is 33.9 Å². The smallest absolute Gasteiger partial charge is 0.371 e. The summed E-state index contributed by atoms with van der Waals surface area (Å²) in [6.07, 6.45) is -3.83. The molecule has 4 rings (SSSR count). The Bertz CT molecular complexity index is 938. The second-order valence-corrected chi connectivity index (χ2v) is 7.84. The standard InChI is InChI=1S/C22H24F3N3O2/c1-14-10-18(28-8-6-16(7-9-28)22(23,24)25)3-5-19(14)26-17-2-4-20-15(11-17)12-30-13-21(29)27-20/h2-5,10-11,16,26H,6-9,12-13H2,1H3,(H,27,29). The zero-order valence-corrected chi connectivity index (χ0v) is 16.7. The summed E-state index contributed by atoms with van der Waals surface area (Å²) in [5.41, 5.74) is 5.38. The van der Waals surface area contributed by atoms with Gasteiger partial charge in [-0.1, -0.05) is 0 Å². The van der Waals surface area contributed by atoms with E-state index in [0.29, 0.717) is 19.7 Å². The fourth-order valence-electron chi connectivity index (χ4n) is 3.96. The first kappa shape index (κ1) is 20.5. The first-order valence-electron chi connectivity index (χ1n) is 9.99. The largest absolute Gasteiger partial charge is 0.391 e. The van der Waals surface area contributed by atoms with E-state index in [-0.39, 0.29) is 25.4 Å². The molecule has 2 aliphatic heterocycles. The lowest BCUT2D eigenvalue weighted by Crippen LogP contribution is -2.39. The Labute approximate surface area is 173 Å². The van der Waals surface area contributed by atoms with Crippen molar-refractivity contribution in [2.45, 2.75) is 32.5 Å². The molecule has 0 unspecified atom stereocenters. The average molecular weight is 419 g/mol. The maximum atomic E-state index is 12.9. The third-order valence-electron chi connectivity index (χ3n) is 5.68. The SMILES string of the molecule is Cc1cc(N2CCC(C(F)(F)F)CC2)ccc1Nc1ccc2c(c1)COCC(=O)N2. The highest BCUT2D eigenvalue weighted by Crippen LogP contribution is 2.36. The Kier molecular flexibility index (Phi) is 5.60. The number of nitrogens with zero attached hydrogens (tertiary/aromatic N) is 1. The second kappa shape index (κ2) is 8.18. The molecule has 0 spiro atoms. The summed E-state index contributed by atoms with van der Waals surface area (Å²) in [5, 5.41) is 6.19. The van der Waals surface area contributed by atoms with E-state index in [1.165, 1.54) is 0 Å². The fourth-order valence-corrected chi connectivity index (χ4v) is 3.96. The minimum atomic E-state index is -4.10. The molecule has 1 saturated heterocycles. The van der Waals surface area contributed by atoms with Gasteiger partial charge in [-0.05, 0) is 61.7 Å². The number of halogens is 3. The van der Waals surface area contributed by atoms with Crippen LogP contribution in [0.15, 0.2) is 36.4 Å². The van der Waals surface area contributed by atoms with Crippen molar-refractivity contribution in [3.63, 3.8) is 0 Å². The highest BCUT2D eigenvalue weighted by Gasteiger charge is 2.41. The fraction of sp³-hybridized carbons (Fsp3) is 0.409. The van der Waals surface area contributed by atoms with Gasteiger partial charge in [0.2, 0.25) is 5.91 Å². The van der Waals surface area contributed by atoms with Gasteiger partial charge >= 0.3 is 6.18 Å². The number of benzene rings is 2. The van der Waals surface area contributed by atoms with E-state index in [4.69, 9.17) is 4.74 Å². The van der Waals surface area contributed by atoms with Crippen LogP contribution in [-0.2, 0) is 16.1 Å². The van der Waals surface area contributed by atoms with E-state index in [2.05, 4.69) is 10.6 Å². The molecule has 30 heavy (non-hydrogen) atoms. The number of fused-ring (bicyclic) bond motifs is 1. The third kappa shape index (κ3) is 4.53.